The lowest BCUT2D eigenvalue weighted by molar-refractivity contribution is 0.0696. The van der Waals surface area contributed by atoms with Crippen LogP contribution in [0.5, 0.6) is 0 Å². The van der Waals surface area contributed by atoms with E-state index >= 15 is 0 Å². The normalized spacial score (nSPS) is 10.5. The summed E-state index contributed by atoms with van der Waals surface area (Å²) in [5.74, 6) is -0.912. The van der Waals surface area contributed by atoms with Crippen molar-refractivity contribution in [2.24, 2.45) is 0 Å². The van der Waals surface area contributed by atoms with Crippen molar-refractivity contribution in [1.82, 2.24) is 9.78 Å². The minimum Gasteiger partial charge on any atom is -0.478 e. The Bertz CT molecular complexity index is 792. The van der Waals surface area contributed by atoms with Gasteiger partial charge in [-0.15, -0.1) is 0 Å². The first-order valence-electron chi connectivity index (χ1n) is 6.59. The first kappa shape index (κ1) is 13.1. The number of hydrogen-bond acceptors (Lipinski definition) is 2. The maximum Gasteiger partial charge on any atom is 0.335 e. The van der Waals surface area contributed by atoms with Gasteiger partial charge in [0.2, 0.25) is 0 Å². The highest BCUT2D eigenvalue weighted by Gasteiger charge is 2.10. The third-order valence-electron chi connectivity index (χ3n) is 3.40. The molecule has 2 aromatic carbocycles. The quantitative estimate of drug-likeness (QED) is 0.797. The van der Waals surface area contributed by atoms with E-state index in [1.807, 2.05) is 48.7 Å². The highest BCUT2D eigenvalue weighted by atomic mass is 16.4. The monoisotopic (exact) mass is 278 g/mol. The summed E-state index contributed by atoms with van der Waals surface area (Å²) >= 11 is 0. The fourth-order valence-corrected chi connectivity index (χ4v) is 2.23. The molecule has 0 atom stereocenters. The van der Waals surface area contributed by atoms with E-state index in [0.29, 0.717) is 5.56 Å². The fraction of sp³-hybridized carbons (Fsp3) is 0.0588. The minimum absolute atomic E-state index is 0.319. The number of aromatic carboxylic acids is 1. The first-order valence-corrected chi connectivity index (χ1v) is 6.59. The summed E-state index contributed by atoms with van der Waals surface area (Å²) in [6.07, 6.45) is 3.63. The van der Waals surface area contributed by atoms with Gasteiger partial charge in [0.15, 0.2) is 0 Å². The number of benzene rings is 2. The Labute approximate surface area is 122 Å². The van der Waals surface area contributed by atoms with Crippen LogP contribution in [0.1, 0.15) is 15.9 Å². The smallest absolute Gasteiger partial charge is 0.335 e. The largest absolute Gasteiger partial charge is 0.478 e. The molecular formula is C17H14N2O2. The molecule has 3 rings (SSSR count). The molecule has 1 heterocycles. The summed E-state index contributed by atoms with van der Waals surface area (Å²) in [6.45, 7) is 1.79. The van der Waals surface area contributed by atoms with Crippen LogP contribution in [0.25, 0.3) is 16.8 Å². The topological polar surface area (TPSA) is 55.1 Å². The number of rotatable bonds is 3. The predicted octanol–water partition coefficient (Wildman–Crippen LogP) is 3.55. The number of aryl methyl sites for hydroxylation is 1. The molecule has 0 saturated carbocycles. The van der Waals surface area contributed by atoms with Crippen LogP contribution in [0.4, 0.5) is 0 Å². The summed E-state index contributed by atoms with van der Waals surface area (Å²) in [4.78, 5) is 11.2. The summed E-state index contributed by atoms with van der Waals surface area (Å²) in [5.41, 5.74) is 3.78. The lowest BCUT2D eigenvalue weighted by Gasteiger charge is -2.03. The second-order valence-electron chi connectivity index (χ2n) is 4.84. The molecule has 0 aliphatic heterocycles. The number of nitrogens with zero attached hydrogens (tertiary/aromatic N) is 2. The minimum atomic E-state index is -0.912. The Balaban J connectivity index is 2.01. The predicted molar refractivity (Wildman–Crippen MR) is 80.7 cm³/mol. The third-order valence-corrected chi connectivity index (χ3v) is 3.40. The number of aromatic nitrogens is 2. The van der Waals surface area contributed by atoms with Crippen LogP contribution in [-0.4, -0.2) is 20.9 Å². The van der Waals surface area contributed by atoms with Crippen molar-refractivity contribution in [3.8, 4) is 16.8 Å². The van der Waals surface area contributed by atoms with Gasteiger partial charge in [0.1, 0.15) is 0 Å². The molecule has 1 aromatic heterocycles. The van der Waals surface area contributed by atoms with Crippen molar-refractivity contribution in [2.75, 3.05) is 0 Å². The molecule has 0 saturated heterocycles. The molecule has 21 heavy (non-hydrogen) atoms. The van der Waals surface area contributed by atoms with E-state index in [9.17, 15) is 9.90 Å². The molecule has 3 aromatic rings. The molecule has 0 amide bonds. The molecule has 0 fully saturated rings. The zero-order chi connectivity index (χ0) is 14.8. The number of carboxylic acid groups (broad SMARTS) is 1. The molecular weight excluding hydrogens is 264 g/mol. The Kier molecular flexibility index (Phi) is 3.28. The Morgan fingerprint density at radius 2 is 1.86 bits per heavy atom. The highest BCUT2D eigenvalue weighted by Crippen LogP contribution is 2.23. The van der Waals surface area contributed by atoms with E-state index in [1.165, 1.54) is 0 Å². The van der Waals surface area contributed by atoms with Crippen LogP contribution in [0.3, 0.4) is 0 Å². The SMILES string of the molecule is Cc1ccc(-c2cnn(-c3ccccc3)c2)cc1C(=O)O. The van der Waals surface area contributed by atoms with Crippen LogP contribution in [-0.2, 0) is 0 Å². The van der Waals surface area contributed by atoms with Crippen molar-refractivity contribution in [1.29, 1.82) is 0 Å². The molecule has 0 aliphatic rings. The molecule has 4 heteroatoms. The third kappa shape index (κ3) is 2.56. The molecule has 0 spiro atoms. The number of carboxylic acids is 1. The fourth-order valence-electron chi connectivity index (χ4n) is 2.23. The standard InChI is InChI=1S/C17H14N2O2/c1-12-7-8-13(9-16(12)17(20)21)14-10-18-19(11-14)15-5-3-2-4-6-15/h2-11H,1H3,(H,20,21). The van der Waals surface area contributed by atoms with Crippen molar-refractivity contribution >= 4 is 5.97 Å². The zero-order valence-corrected chi connectivity index (χ0v) is 11.5. The van der Waals surface area contributed by atoms with Gasteiger partial charge in [0.25, 0.3) is 0 Å². The maximum atomic E-state index is 11.2. The Hall–Kier alpha value is -2.88. The molecule has 0 radical (unpaired) electrons. The van der Waals surface area contributed by atoms with Crippen LogP contribution in [0.2, 0.25) is 0 Å². The molecule has 1 N–H and O–H groups in total. The van der Waals surface area contributed by atoms with E-state index in [2.05, 4.69) is 5.10 Å². The summed E-state index contributed by atoms with van der Waals surface area (Å²) in [6, 6.07) is 15.2. The lowest BCUT2D eigenvalue weighted by Crippen LogP contribution is -1.99. The van der Waals surface area contributed by atoms with Gasteiger partial charge in [-0.05, 0) is 36.2 Å². The van der Waals surface area contributed by atoms with Crippen molar-refractivity contribution < 1.29 is 9.90 Å². The van der Waals surface area contributed by atoms with Gasteiger partial charge in [0.05, 0.1) is 17.4 Å². The number of hydrogen-bond donors (Lipinski definition) is 1. The van der Waals surface area contributed by atoms with Gasteiger partial charge in [0, 0.05) is 11.8 Å². The molecule has 0 bridgehead atoms. The van der Waals surface area contributed by atoms with Crippen LogP contribution >= 0.6 is 0 Å². The summed E-state index contributed by atoms with van der Waals surface area (Å²) in [7, 11) is 0. The Morgan fingerprint density at radius 3 is 2.57 bits per heavy atom. The molecule has 4 nitrogen and oxygen atoms in total. The van der Waals surface area contributed by atoms with Gasteiger partial charge >= 0.3 is 5.97 Å². The van der Waals surface area contributed by atoms with Crippen molar-refractivity contribution in [3.63, 3.8) is 0 Å². The van der Waals surface area contributed by atoms with Crippen molar-refractivity contribution in [2.45, 2.75) is 6.92 Å². The first-order chi connectivity index (χ1) is 10.1. The van der Waals surface area contributed by atoms with E-state index < -0.39 is 5.97 Å². The number of para-hydroxylation sites is 1. The Morgan fingerprint density at radius 1 is 1.10 bits per heavy atom. The lowest BCUT2D eigenvalue weighted by atomic mass is 10.0. The van der Waals surface area contributed by atoms with Crippen molar-refractivity contribution in [3.05, 3.63) is 72.1 Å². The van der Waals surface area contributed by atoms with Gasteiger partial charge in [-0.25, -0.2) is 9.48 Å². The van der Waals surface area contributed by atoms with Gasteiger partial charge in [-0.2, -0.15) is 5.10 Å². The summed E-state index contributed by atoms with van der Waals surface area (Å²) < 4.78 is 1.77. The number of carbonyl (C=O) groups is 1. The van der Waals surface area contributed by atoms with E-state index in [1.54, 1.807) is 23.9 Å². The molecule has 104 valence electrons. The van der Waals surface area contributed by atoms with Crippen LogP contribution in [0, 0.1) is 6.92 Å². The second-order valence-corrected chi connectivity index (χ2v) is 4.84. The average Bonchev–Trinajstić information content (AvgIpc) is 2.98. The van der Waals surface area contributed by atoms with Gasteiger partial charge < -0.3 is 5.11 Å². The molecule has 0 unspecified atom stereocenters. The van der Waals surface area contributed by atoms with Gasteiger partial charge in [-0.3, -0.25) is 0 Å². The maximum absolute atomic E-state index is 11.2. The second kappa shape index (κ2) is 5.25. The van der Waals surface area contributed by atoms with Gasteiger partial charge in [-0.1, -0.05) is 30.3 Å². The summed E-state index contributed by atoms with van der Waals surface area (Å²) in [5, 5.41) is 13.5. The van der Waals surface area contributed by atoms with Crippen LogP contribution in [0.15, 0.2) is 60.9 Å². The molecule has 0 aliphatic carbocycles. The van der Waals surface area contributed by atoms with E-state index in [4.69, 9.17) is 0 Å². The average molecular weight is 278 g/mol. The van der Waals surface area contributed by atoms with Crippen LogP contribution < -0.4 is 0 Å². The van der Waals surface area contributed by atoms with E-state index in [-0.39, 0.29) is 0 Å². The van der Waals surface area contributed by atoms with E-state index in [0.717, 1.165) is 22.4 Å². The zero-order valence-electron chi connectivity index (χ0n) is 11.5. The highest BCUT2D eigenvalue weighted by molar-refractivity contribution is 5.91.